The summed E-state index contributed by atoms with van der Waals surface area (Å²) in [5.74, 6) is 0.175. The third-order valence-electron chi connectivity index (χ3n) is 3.55. The van der Waals surface area contributed by atoms with Crippen LogP contribution in [-0.4, -0.2) is 30.0 Å². The van der Waals surface area contributed by atoms with Crippen LogP contribution >= 0.6 is 15.9 Å². The third kappa shape index (κ3) is 4.72. The van der Waals surface area contributed by atoms with Crippen LogP contribution < -0.4 is 20.4 Å². The van der Waals surface area contributed by atoms with Gasteiger partial charge in [0.05, 0.1) is 6.21 Å². The van der Waals surface area contributed by atoms with Crippen LogP contribution in [0.2, 0.25) is 0 Å². The fraction of sp³-hybridized carbons (Fsp3) is 0.0556. The van der Waals surface area contributed by atoms with Crippen molar-refractivity contribution in [2.45, 2.75) is 0 Å². The third-order valence-corrected chi connectivity index (χ3v) is 4.23. The lowest BCUT2D eigenvalue weighted by atomic mass is 10.1. The maximum absolute atomic E-state index is 12.2. The average Bonchev–Trinajstić information content (AvgIpc) is 3.13. The number of hydrogen-bond acceptors (Lipinski definition) is 6. The van der Waals surface area contributed by atoms with Crippen molar-refractivity contribution < 1.29 is 24.3 Å². The van der Waals surface area contributed by atoms with Gasteiger partial charge in [-0.15, -0.1) is 0 Å². The van der Waals surface area contributed by atoms with Crippen molar-refractivity contribution in [2.24, 2.45) is 5.10 Å². The van der Waals surface area contributed by atoms with Crippen molar-refractivity contribution in [3.05, 3.63) is 63.6 Å². The molecule has 3 N–H and O–H groups in total. The van der Waals surface area contributed by atoms with Gasteiger partial charge in [-0.1, -0.05) is 12.1 Å². The minimum absolute atomic E-state index is 0.170. The zero-order chi connectivity index (χ0) is 19.2. The number of benzene rings is 2. The number of hydroxylamine groups is 1. The molecule has 1 aliphatic heterocycles. The Hall–Kier alpha value is -3.17. The lowest BCUT2D eigenvalue weighted by Crippen LogP contribution is -2.17. The molecule has 0 spiro atoms. The van der Waals surface area contributed by atoms with Gasteiger partial charge in [0.25, 0.3) is 11.8 Å². The fourth-order valence-corrected chi connectivity index (χ4v) is 2.67. The van der Waals surface area contributed by atoms with Crippen molar-refractivity contribution in [1.29, 1.82) is 0 Å². The standard InChI is InChI=1S/C18H14BrN3O5/c19-14-8-16-15(26-10-27-16)7-13(14)9-20-21-18(24)12-3-1-2-11(6-12)4-5-17(23)22-25/h1-9,25H,10H2,(H,21,24)(H,22,23)/b5-4+,20-9+. The molecule has 138 valence electrons. The van der Waals surface area contributed by atoms with Crippen LogP contribution in [0.5, 0.6) is 11.5 Å². The Labute approximate surface area is 162 Å². The first-order chi connectivity index (χ1) is 13.1. The van der Waals surface area contributed by atoms with E-state index in [0.717, 1.165) is 10.5 Å². The van der Waals surface area contributed by atoms with Gasteiger partial charge in [-0.05, 0) is 51.8 Å². The number of ether oxygens (including phenoxy) is 2. The van der Waals surface area contributed by atoms with E-state index in [9.17, 15) is 9.59 Å². The molecule has 2 aromatic rings. The van der Waals surface area contributed by atoms with E-state index in [-0.39, 0.29) is 6.79 Å². The molecular formula is C18H14BrN3O5. The summed E-state index contributed by atoms with van der Waals surface area (Å²) in [5.41, 5.74) is 5.63. The number of nitrogens with one attached hydrogen (secondary N) is 2. The molecule has 0 fully saturated rings. The van der Waals surface area contributed by atoms with Crippen LogP contribution in [-0.2, 0) is 4.79 Å². The fourth-order valence-electron chi connectivity index (χ4n) is 2.25. The van der Waals surface area contributed by atoms with E-state index in [1.807, 2.05) is 0 Å². The molecule has 8 nitrogen and oxygen atoms in total. The van der Waals surface area contributed by atoms with Crippen LogP contribution in [0.15, 0.2) is 52.0 Å². The molecular weight excluding hydrogens is 418 g/mol. The van der Waals surface area contributed by atoms with E-state index in [0.29, 0.717) is 28.2 Å². The van der Waals surface area contributed by atoms with Gasteiger partial charge in [-0.3, -0.25) is 14.8 Å². The molecule has 0 saturated carbocycles. The van der Waals surface area contributed by atoms with Gasteiger partial charge in [-0.25, -0.2) is 10.9 Å². The monoisotopic (exact) mass is 431 g/mol. The Kier molecular flexibility index (Phi) is 5.84. The Morgan fingerprint density at radius 2 is 1.96 bits per heavy atom. The van der Waals surface area contributed by atoms with Gasteiger partial charge in [0, 0.05) is 21.7 Å². The maximum Gasteiger partial charge on any atom is 0.271 e. The Morgan fingerprint density at radius 1 is 1.19 bits per heavy atom. The smallest absolute Gasteiger partial charge is 0.271 e. The molecule has 0 aliphatic carbocycles. The highest BCUT2D eigenvalue weighted by Gasteiger charge is 2.15. The summed E-state index contributed by atoms with van der Waals surface area (Å²) in [6, 6.07) is 10.1. The summed E-state index contributed by atoms with van der Waals surface area (Å²) in [6.45, 7) is 0.170. The van der Waals surface area contributed by atoms with E-state index in [2.05, 4.69) is 26.5 Å². The number of halogens is 1. The second kappa shape index (κ2) is 8.47. The molecule has 0 saturated heterocycles. The summed E-state index contributed by atoms with van der Waals surface area (Å²) < 4.78 is 11.3. The van der Waals surface area contributed by atoms with Gasteiger partial charge in [0.15, 0.2) is 11.5 Å². The number of carbonyl (C=O) groups excluding carboxylic acids is 2. The van der Waals surface area contributed by atoms with Crippen molar-refractivity contribution in [3.63, 3.8) is 0 Å². The molecule has 0 radical (unpaired) electrons. The zero-order valence-electron chi connectivity index (χ0n) is 13.8. The van der Waals surface area contributed by atoms with Crippen molar-refractivity contribution in [2.75, 3.05) is 6.79 Å². The van der Waals surface area contributed by atoms with Crippen LogP contribution in [0.3, 0.4) is 0 Å². The summed E-state index contributed by atoms with van der Waals surface area (Å²) >= 11 is 3.41. The first kappa shape index (κ1) is 18.6. The van der Waals surface area contributed by atoms with Crippen LogP contribution in [0.25, 0.3) is 6.08 Å². The summed E-state index contributed by atoms with van der Waals surface area (Å²) in [4.78, 5) is 23.2. The molecule has 0 atom stereocenters. The van der Waals surface area contributed by atoms with Gasteiger partial charge in [0.1, 0.15) is 0 Å². The molecule has 0 bridgehead atoms. The Morgan fingerprint density at radius 3 is 2.74 bits per heavy atom. The predicted octanol–water partition coefficient (Wildman–Crippen LogP) is 2.46. The number of amides is 2. The first-order valence-electron chi connectivity index (χ1n) is 7.71. The Balaban J connectivity index is 1.67. The summed E-state index contributed by atoms with van der Waals surface area (Å²) in [7, 11) is 0. The minimum Gasteiger partial charge on any atom is -0.454 e. The summed E-state index contributed by atoms with van der Waals surface area (Å²) in [6.07, 6.45) is 4.10. The number of nitrogens with zero attached hydrogens (tertiary/aromatic N) is 1. The molecule has 0 aromatic heterocycles. The SMILES string of the molecule is O=C(/C=C/c1cccc(C(=O)N/N=C/c2cc3c(cc2Br)OCO3)c1)NO. The molecule has 1 aliphatic rings. The quantitative estimate of drug-likeness (QED) is 0.291. The highest BCUT2D eigenvalue weighted by molar-refractivity contribution is 9.10. The van der Waals surface area contributed by atoms with Gasteiger partial charge in [-0.2, -0.15) is 5.10 Å². The van der Waals surface area contributed by atoms with E-state index in [1.165, 1.54) is 17.8 Å². The van der Waals surface area contributed by atoms with E-state index in [4.69, 9.17) is 14.7 Å². The lowest BCUT2D eigenvalue weighted by molar-refractivity contribution is -0.124. The van der Waals surface area contributed by atoms with E-state index in [1.54, 1.807) is 36.4 Å². The molecule has 3 rings (SSSR count). The van der Waals surface area contributed by atoms with Crippen molar-refractivity contribution in [3.8, 4) is 11.5 Å². The van der Waals surface area contributed by atoms with Crippen LogP contribution in [0.1, 0.15) is 21.5 Å². The predicted molar refractivity (Wildman–Crippen MR) is 101 cm³/mol. The van der Waals surface area contributed by atoms with E-state index >= 15 is 0 Å². The molecule has 0 unspecified atom stereocenters. The van der Waals surface area contributed by atoms with Gasteiger partial charge < -0.3 is 9.47 Å². The number of hydrogen-bond donors (Lipinski definition) is 3. The lowest BCUT2D eigenvalue weighted by Gasteiger charge is -2.03. The maximum atomic E-state index is 12.2. The van der Waals surface area contributed by atoms with Crippen molar-refractivity contribution in [1.82, 2.24) is 10.9 Å². The zero-order valence-corrected chi connectivity index (χ0v) is 15.4. The molecule has 2 amide bonds. The normalized spacial score (nSPS) is 12.5. The number of rotatable bonds is 5. The highest BCUT2D eigenvalue weighted by atomic mass is 79.9. The van der Waals surface area contributed by atoms with Gasteiger partial charge >= 0.3 is 0 Å². The van der Waals surface area contributed by atoms with Crippen LogP contribution in [0.4, 0.5) is 0 Å². The molecule has 1 heterocycles. The minimum atomic E-state index is -0.663. The van der Waals surface area contributed by atoms with Gasteiger partial charge in [0.2, 0.25) is 6.79 Å². The summed E-state index contributed by atoms with van der Waals surface area (Å²) in [5, 5.41) is 12.4. The molecule has 9 heteroatoms. The first-order valence-corrected chi connectivity index (χ1v) is 8.51. The number of carbonyl (C=O) groups is 2. The number of fused-ring (bicyclic) bond motifs is 1. The highest BCUT2D eigenvalue weighted by Crippen LogP contribution is 2.36. The topological polar surface area (TPSA) is 109 Å². The molecule has 2 aromatic carbocycles. The van der Waals surface area contributed by atoms with Crippen molar-refractivity contribution >= 4 is 40.0 Å². The Bertz CT molecular complexity index is 943. The van der Waals surface area contributed by atoms with E-state index < -0.39 is 11.8 Å². The second-order valence-electron chi connectivity index (χ2n) is 5.36. The second-order valence-corrected chi connectivity index (χ2v) is 6.22. The number of hydrazone groups is 1. The molecule has 27 heavy (non-hydrogen) atoms. The van der Waals surface area contributed by atoms with Crippen LogP contribution in [0, 0.1) is 0 Å². The largest absolute Gasteiger partial charge is 0.454 e. The average molecular weight is 432 g/mol.